The number of hydrogen-bond donors (Lipinski definition) is 5. The first-order valence-electron chi connectivity index (χ1n) is 19.9. The maximum atomic E-state index is 15.1. The van der Waals surface area contributed by atoms with Gasteiger partial charge in [0.25, 0.3) is 0 Å². The normalized spacial score (nSPS) is 14.3. The van der Waals surface area contributed by atoms with Crippen LogP contribution in [0.2, 0.25) is 0 Å². The van der Waals surface area contributed by atoms with Crippen LogP contribution in [0.4, 0.5) is 8.78 Å². The van der Waals surface area contributed by atoms with Gasteiger partial charge in [-0.1, -0.05) is 51.1 Å². The van der Waals surface area contributed by atoms with Crippen molar-refractivity contribution in [1.82, 2.24) is 20.1 Å². The molecule has 0 aliphatic heterocycles. The highest BCUT2D eigenvalue weighted by molar-refractivity contribution is 5.86. The van der Waals surface area contributed by atoms with Crippen LogP contribution in [0, 0.1) is 17.0 Å². The molecule has 15 heteroatoms. The summed E-state index contributed by atoms with van der Waals surface area (Å²) in [6, 6.07) is 11.7. The van der Waals surface area contributed by atoms with Gasteiger partial charge in [-0.2, -0.15) is 0 Å². The lowest BCUT2D eigenvalue weighted by molar-refractivity contribution is -0.160. The highest BCUT2D eigenvalue weighted by Crippen LogP contribution is 2.42. The molecule has 1 unspecified atom stereocenters. The van der Waals surface area contributed by atoms with Crippen molar-refractivity contribution in [2.45, 2.75) is 130 Å². The zero-order valence-electron chi connectivity index (χ0n) is 35.8. The van der Waals surface area contributed by atoms with Crippen molar-refractivity contribution >= 4 is 23.8 Å². The molecule has 0 spiro atoms. The lowest BCUT2D eigenvalue weighted by atomic mass is 9.82. The highest BCUT2D eigenvalue weighted by atomic mass is 19.1. The molecule has 1 heterocycles. The van der Waals surface area contributed by atoms with Crippen molar-refractivity contribution in [3.05, 3.63) is 83.7 Å². The van der Waals surface area contributed by atoms with Crippen LogP contribution in [-0.4, -0.2) is 92.6 Å². The molecule has 0 aliphatic carbocycles. The first-order chi connectivity index (χ1) is 27.4. The summed E-state index contributed by atoms with van der Waals surface area (Å²) in [6.45, 7) is 15.7. The van der Waals surface area contributed by atoms with Crippen LogP contribution in [0.3, 0.4) is 0 Å². The van der Waals surface area contributed by atoms with E-state index in [9.17, 15) is 33.8 Å². The summed E-state index contributed by atoms with van der Waals surface area (Å²) in [5.74, 6) is -3.60. The lowest BCUT2D eigenvalue weighted by Crippen LogP contribution is -2.49. The number of halogens is 2. The average Bonchev–Trinajstić information content (AvgIpc) is 3.52. The number of nitrogens with two attached hydrogens (primary N) is 1. The largest absolute Gasteiger partial charge is 0.460 e. The summed E-state index contributed by atoms with van der Waals surface area (Å²) < 4.78 is 42.1. The first-order valence-corrected chi connectivity index (χ1v) is 19.9. The Morgan fingerprint density at radius 1 is 0.881 bits per heavy atom. The number of benzene rings is 2. The molecule has 0 bridgehead atoms. The Morgan fingerprint density at radius 3 is 2.12 bits per heavy atom. The van der Waals surface area contributed by atoms with Crippen LogP contribution in [0.25, 0.3) is 11.1 Å². The standard InChI is InChI=1S/C44H63F2N5O8/c1-42(2,3)39(35-23-29(31-24-30(45)15-16-32(31)46)26-50(35)25-28-13-11-10-12-14-28)51(37(54)27-52)22-20-33(47)40(56)48-21-19-36(53)49-34(41(57)59-44(7,8)9)17-18-38(55)58-43(4,5)6/h10-16,23-24,26,33-34,37,39,52,54H,17-22,25,27,47H2,1-9H3,(H,48,56)(H,49,53)/t33-,34+,37?,39-/m0/s1. The summed E-state index contributed by atoms with van der Waals surface area (Å²) in [4.78, 5) is 53.0. The number of nitrogens with one attached hydrogen (secondary N) is 2. The van der Waals surface area contributed by atoms with Crippen LogP contribution in [0.5, 0.6) is 0 Å². The van der Waals surface area contributed by atoms with Gasteiger partial charge in [0, 0.05) is 55.5 Å². The summed E-state index contributed by atoms with van der Waals surface area (Å²) in [5, 5.41) is 26.7. The van der Waals surface area contributed by atoms with Gasteiger partial charge in [0.1, 0.15) is 35.1 Å². The molecule has 2 aromatic carbocycles. The van der Waals surface area contributed by atoms with Gasteiger partial charge >= 0.3 is 11.9 Å². The van der Waals surface area contributed by atoms with E-state index in [0.717, 1.165) is 23.8 Å². The van der Waals surface area contributed by atoms with E-state index in [-0.39, 0.29) is 44.3 Å². The van der Waals surface area contributed by atoms with Crippen LogP contribution in [-0.2, 0) is 35.2 Å². The van der Waals surface area contributed by atoms with Gasteiger partial charge in [-0.25, -0.2) is 13.6 Å². The Kier molecular flexibility index (Phi) is 17.3. The van der Waals surface area contributed by atoms with Gasteiger partial charge in [0.15, 0.2) is 0 Å². The number of aromatic nitrogens is 1. The monoisotopic (exact) mass is 827 g/mol. The molecule has 13 nitrogen and oxygen atoms in total. The van der Waals surface area contributed by atoms with E-state index in [4.69, 9.17) is 15.2 Å². The van der Waals surface area contributed by atoms with Crippen molar-refractivity contribution < 1.29 is 47.6 Å². The van der Waals surface area contributed by atoms with Gasteiger partial charge < -0.3 is 40.6 Å². The summed E-state index contributed by atoms with van der Waals surface area (Å²) in [5.41, 5.74) is 6.21. The fraction of sp³-hybridized carbons (Fsp3) is 0.545. The highest BCUT2D eigenvalue weighted by Gasteiger charge is 2.38. The van der Waals surface area contributed by atoms with Crippen LogP contribution < -0.4 is 16.4 Å². The Morgan fingerprint density at radius 2 is 1.53 bits per heavy atom. The SMILES string of the molecule is CC(C)(C)OC(=O)CC[C@@H](NC(=O)CCNC(=O)[C@@H](N)CCN(C(O)CO)[C@@H](c1cc(-c2cc(F)ccc2F)cn1Cc1ccccc1)C(C)(C)C)C(=O)OC(C)(C)C. The number of amides is 2. The molecule has 1 aromatic heterocycles. The smallest absolute Gasteiger partial charge is 0.329 e. The molecule has 3 aromatic rings. The van der Waals surface area contributed by atoms with E-state index in [1.807, 2.05) is 55.7 Å². The van der Waals surface area contributed by atoms with Crippen molar-refractivity contribution in [2.24, 2.45) is 11.1 Å². The second-order valence-corrected chi connectivity index (χ2v) is 17.8. The molecule has 59 heavy (non-hydrogen) atoms. The summed E-state index contributed by atoms with van der Waals surface area (Å²) in [7, 11) is 0. The van der Waals surface area contributed by atoms with Crippen molar-refractivity contribution in [3.8, 4) is 11.1 Å². The molecule has 0 saturated carbocycles. The predicted molar refractivity (Wildman–Crippen MR) is 220 cm³/mol. The minimum Gasteiger partial charge on any atom is -0.460 e. The molecule has 4 atom stereocenters. The zero-order chi connectivity index (χ0) is 44.3. The van der Waals surface area contributed by atoms with Crippen LogP contribution >= 0.6 is 0 Å². The minimum atomic E-state index is -1.39. The van der Waals surface area contributed by atoms with E-state index < -0.39 is 83.0 Å². The van der Waals surface area contributed by atoms with E-state index in [1.165, 1.54) is 0 Å². The van der Waals surface area contributed by atoms with E-state index >= 15 is 4.39 Å². The number of nitrogens with zero attached hydrogens (tertiary/aromatic N) is 2. The Bertz CT molecular complexity index is 1870. The molecular formula is C44H63F2N5O8. The second-order valence-electron chi connectivity index (χ2n) is 17.8. The van der Waals surface area contributed by atoms with Crippen molar-refractivity contribution in [1.29, 1.82) is 0 Å². The predicted octanol–water partition coefficient (Wildman–Crippen LogP) is 5.35. The summed E-state index contributed by atoms with van der Waals surface area (Å²) >= 11 is 0. The molecule has 326 valence electrons. The third kappa shape index (κ3) is 15.8. The minimum absolute atomic E-state index is 0.0256. The Balaban J connectivity index is 1.76. The molecule has 0 radical (unpaired) electrons. The third-order valence-electron chi connectivity index (χ3n) is 9.11. The van der Waals surface area contributed by atoms with E-state index in [1.54, 1.807) is 58.7 Å². The van der Waals surface area contributed by atoms with Crippen molar-refractivity contribution in [3.63, 3.8) is 0 Å². The molecule has 6 N–H and O–H groups in total. The van der Waals surface area contributed by atoms with Gasteiger partial charge in [0.05, 0.1) is 18.7 Å². The molecule has 0 saturated heterocycles. The molecular weight excluding hydrogens is 765 g/mol. The van der Waals surface area contributed by atoms with Crippen LogP contribution in [0.1, 0.15) is 105 Å². The van der Waals surface area contributed by atoms with Crippen LogP contribution in [0.15, 0.2) is 60.8 Å². The van der Waals surface area contributed by atoms with Gasteiger partial charge in [-0.05, 0) is 89.6 Å². The average molecular weight is 828 g/mol. The quantitative estimate of drug-likeness (QED) is 0.0780. The van der Waals surface area contributed by atoms with Gasteiger partial charge in [-0.3, -0.25) is 19.3 Å². The lowest BCUT2D eigenvalue weighted by Gasteiger charge is -2.43. The molecule has 3 rings (SSSR count). The third-order valence-corrected chi connectivity index (χ3v) is 9.11. The summed E-state index contributed by atoms with van der Waals surface area (Å²) in [6.07, 6.45) is -0.0410. The maximum Gasteiger partial charge on any atom is 0.329 e. The molecule has 0 aliphatic rings. The fourth-order valence-electron chi connectivity index (χ4n) is 6.60. The van der Waals surface area contributed by atoms with E-state index in [2.05, 4.69) is 10.6 Å². The maximum absolute atomic E-state index is 15.1. The number of carbonyl (C=O) groups excluding carboxylic acids is 4. The first kappa shape index (κ1) is 48.7. The number of esters is 2. The Hall–Kier alpha value is -4.70. The second kappa shape index (κ2) is 21.0. The number of ether oxygens (including phenoxy) is 2. The van der Waals surface area contributed by atoms with Crippen molar-refractivity contribution in [2.75, 3.05) is 19.7 Å². The van der Waals surface area contributed by atoms with Gasteiger partial charge in [-0.15, -0.1) is 0 Å². The zero-order valence-corrected chi connectivity index (χ0v) is 35.8. The number of aliphatic hydroxyl groups is 2. The Labute approximate surface area is 346 Å². The van der Waals surface area contributed by atoms with E-state index in [0.29, 0.717) is 17.8 Å². The topological polar surface area (TPSA) is 185 Å². The molecule has 0 fully saturated rings. The van der Waals surface area contributed by atoms with Gasteiger partial charge in [0.2, 0.25) is 11.8 Å². The number of rotatable bonds is 19. The fourth-order valence-corrected chi connectivity index (χ4v) is 6.60. The number of hydrogen-bond acceptors (Lipinski definition) is 10. The number of carbonyl (C=O) groups is 4. The number of aliphatic hydroxyl groups excluding tert-OH is 2. The molecule has 2 amide bonds.